The van der Waals surface area contributed by atoms with Crippen molar-refractivity contribution in [1.29, 1.82) is 0 Å². The molecular weight excluding hydrogens is 252 g/mol. The Morgan fingerprint density at radius 1 is 1.50 bits per heavy atom. The van der Waals surface area contributed by atoms with Gasteiger partial charge in [-0.15, -0.1) is 0 Å². The molecule has 0 bridgehead atoms. The van der Waals surface area contributed by atoms with Crippen LogP contribution in [0.1, 0.15) is 30.9 Å². The zero-order valence-corrected chi connectivity index (χ0v) is 11.5. The van der Waals surface area contributed by atoms with Gasteiger partial charge < -0.3 is 9.84 Å². The Balaban J connectivity index is 3.12. The van der Waals surface area contributed by atoms with Crippen molar-refractivity contribution in [3.8, 4) is 5.75 Å². The fourth-order valence-corrected chi connectivity index (χ4v) is 2.01. The van der Waals surface area contributed by atoms with E-state index in [0.29, 0.717) is 10.8 Å². The molecule has 1 N–H and O–H groups in total. The van der Waals surface area contributed by atoms with Crippen LogP contribution >= 0.6 is 11.6 Å². The van der Waals surface area contributed by atoms with Gasteiger partial charge in [-0.3, -0.25) is 0 Å². The number of carboxylic acids is 1. The minimum absolute atomic E-state index is 0.243. The molecule has 1 rings (SSSR count). The number of halogens is 1. The highest BCUT2D eigenvalue weighted by atomic mass is 35.5. The van der Waals surface area contributed by atoms with Crippen molar-refractivity contribution in [3.05, 3.63) is 40.9 Å². The van der Waals surface area contributed by atoms with E-state index in [2.05, 4.69) is 6.58 Å². The van der Waals surface area contributed by atoms with Crippen LogP contribution in [0.2, 0.25) is 5.02 Å². The Kier molecular flexibility index (Phi) is 4.79. The maximum atomic E-state index is 10.9. The standard InChI is InChI=1S/C14H17ClO3/c1-5-12(14(16)17)18-13-7-10(8(2)3)11(15)6-9(13)4/h5-8,12H,1H2,2-4H3,(H,16,17). The molecule has 1 atom stereocenters. The van der Waals surface area contributed by atoms with E-state index in [9.17, 15) is 4.79 Å². The van der Waals surface area contributed by atoms with E-state index in [1.807, 2.05) is 20.8 Å². The normalized spacial score (nSPS) is 12.3. The van der Waals surface area contributed by atoms with Gasteiger partial charge in [0.2, 0.25) is 6.10 Å². The summed E-state index contributed by atoms with van der Waals surface area (Å²) < 4.78 is 5.43. The highest BCUT2D eigenvalue weighted by Crippen LogP contribution is 2.31. The molecule has 0 aromatic heterocycles. The number of aryl methyl sites for hydroxylation is 1. The molecule has 0 heterocycles. The summed E-state index contributed by atoms with van der Waals surface area (Å²) in [5.74, 6) is -0.298. The lowest BCUT2D eigenvalue weighted by Gasteiger charge is -2.17. The van der Waals surface area contributed by atoms with E-state index in [1.54, 1.807) is 12.1 Å². The van der Waals surface area contributed by atoms with Gasteiger partial charge in [-0.05, 0) is 42.2 Å². The molecule has 0 aliphatic heterocycles. The van der Waals surface area contributed by atoms with Crippen molar-refractivity contribution in [2.45, 2.75) is 32.8 Å². The van der Waals surface area contributed by atoms with Crippen molar-refractivity contribution in [2.75, 3.05) is 0 Å². The Bertz CT molecular complexity index is 466. The first-order chi connectivity index (χ1) is 8.36. The Morgan fingerprint density at radius 3 is 2.56 bits per heavy atom. The molecule has 98 valence electrons. The molecular formula is C14H17ClO3. The van der Waals surface area contributed by atoms with Crippen LogP contribution in [-0.4, -0.2) is 17.2 Å². The summed E-state index contributed by atoms with van der Waals surface area (Å²) in [6.45, 7) is 9.31. The number of carboxylic acid groups (broad SMARTS) is 1. The van der Waals surface area contributed by atoms with E-state index in [0.717, 1.165) is 11.1 Å². The number of hydrogen-bond acceptors (Lipinski definition) is 2. The van der Waals surface area contributed by atoms with Gasteiger partial charge in [0.15, 0.2) is 0 Å². The highest BCUT2D eigenvalue weighted by Gasteiger charge is 2.17. The minimum Gasteiger partial charge on any atom is -0.478 e. The number of rotatable bonds is 5. The summed E-state index contributed by atoms with van der Waals surface area (Å²) in [4.78, 5) is 10.9. The number of aliphatic carboxylic acids is 1. The van der Waals surface area contributed by atoms with Crippen molar-refractivity contribution in [2.24, 2.45) is 0 Å². The monoisotopic (exact) mass is 268 g/mol. The van der Waals surface area contributed by atoms with Gasteiger partial charge in [-0.1, -0.05) is 32.0 Å². The molecule has 0 fully saturated rings. The maximum absolute atomic E-state index is 10.9. The highest BCUT2D eigenvalue weighted by molar-refractivity contribution is 6.31. The third-order valence-corrected chi connectivity index (χ3v) is 2.95. The van der Waals surface area contributed by atoms with E-state index in [-0.39, 0.29) is 5.92 Å². The molecule has 0 aliphatic rings. The molecule has 0 radical (unpaired) electrons. The van der Waals surface area contributed by atoms with Crippen LogP contribution in [0, 0.1) is 6.92 Å². The molecule has 0 amide bonds. The number of ether oxygens (including phenoxy) is 1. The van der Waals surface area contributed by atoms with Crippen molar-refractivity contribution >= 4 is 17.6 Å². The Labute approximate surface area is 112 Å². The molecule has 0 spiro atoms. The van der Waals surface area contributed by atoms with E-state index >= 15 is 0 Å². The Hall–Kier alpha value is -1.48. The molecule has 0 aliphatic carbocycles. The summed E-state index contributed by atoms with van der Waals surface area (Å²) in [5, 5.41) is 9.60. The smallest absolute Gasteiger partial charge is 0.349 e. The van der Waals surface area contributed by atoms with Crippen LogP contribution < -0.4 is 4.74 Å². The van der Waals surface area contributed by atoms with E-state index < -0.39 is 12.1 Å². The van der Waals surface area contributed by atoms with Gasteiger partial charge in [-0.2, -0.15) is 0 Å². The van der Waals surface area contributed by atoms with Crippen LogP contribution in [0.4, 0.5) is 0 Å². The average molecular weight is 269 g/mol. The maximum Gasteiger partial charge on any atom is 0.349 e. The van der Waals surface area contributed by atoms with Gasteiger partial charge in [-0.25, -0.2) is 4.79 Å². The zero-order valence-electron chi connectivity index (χ0n) is 10.7. The third kappa shape index (κ3) is 3.26. The second-order valence-corrected chi connectivity index (χ2v) is 4.81. The fourth-order valence-electron chi connectivity index (χ4n) is 1.57. The predicted octanol–water partition coefficient (Wildman–Crippen LogP) is 3.79. The fraction of sp³-hybridized carbons (Fsp3) is 0.357. The van der Waals surface area contributed by atoms with Crippen LogP contribution in [0.15, 0.2) is 24.8 Å². The van der Waals surface area contributed by atoms with Crippen LogP contribution in [0.25, 0.3) is 0 Å². The van der Waals surface area contributed by atoms with Gasteiger partial charge in [0.25, 0.3) is 0 Å². The van der Waals surface area contributed by atoms with Crippen LogP contribution in [0.3, 0.4) is 0 Å². The average Bonchev–Trinajstić information content (AvgIpc) is 2.26. The third-order valence-electron chi connectivity index (χ3n) is 2.63. The Morgan fingerprint density at radius 2 is 2.11 bits per heavy atom. The van der Waals surface area contributed by atoms with E-state index in [4.69, 9.17) is 21.4 Å². The molecule has 1 aromatic carbocycles. The molecule has 18 heavy (non-hydrogen) atoms. The first kappa shape index (κ1) is 14.6. The summed E-state index contributed by atoms with van der Waals surface area (Å²) in [6, 6.07) is 3.58. The topological polar surface area (TPSA) is 46.5 Å². The second-order valence-electron chi connectivity index (χ2n) is 4.41. The number of hydrogen-bond donors (Lipinski definition) is 1. The summed E-state index contributed by atoms with van der Waals surface area (Å²) in [7, 11) is 0. The lowest BCUT2D eigenvalue weighted by molar-refractivity contribution is -0.142. The first-order valence-corrected chi connectivity index (χ1v) is 6.06. The zero-order chi connectivity index (χ0) is 13.9. The molecule has 1 aromatic rings. The van der Waals surface area contributed by atoms with Gasteiger partial charge >= 0.3 is 5.97 Å². The van der Waals surface area contributed by atoms with Crippen molar-refractivity contribution in [3.63, 3.8) is 0 Å². The number of benzene rings is 1. The number of carbonyl (C=O) groups is 1. The van der Waals surface area contributed by atoms with Gasteiger partial charge in [0, 0.05) is 5.02 Å². The lowest BCUT2D eigenvalue weighted by Crippen LogP contribution is -2.24. The van der Waals surface area contributed by atoms with E-state index in [1.165, 1.54) is 6.08 Å². The molecule has 0 saturated carbocycles. The lowest BCUT2D eigenvalue weighted by atomic mass is 10.0. The molecule has 4 heteroatoms. The molecule has 1 unspecified atom stereocenters. The van der Waals surface area contributed by atoms with Crippen LogP contribution in [0.5, 0.6) is 5.75 Å². The summed E-state index contributed by atoms with van der Waals surface area (Å²) >= 11 is 6.14. The van der Waals surface area contributed by atoms with Crippen molar-refractivity contribution < 1.29 is 14.6 Å². The van der Waals surface area contributed by atoms with Crippen molar-refractivity contribution in [1.82, 2.24) is 0 Å². The molecule has 0 saturated heterocycles. The largest absolute Gasteiger partial charge is 0.478 e. The van der Waals surface area contributed by atoms with Crippen LogP contribution in [-0.2, 0) is 4.79 Å². The SMILES string of the molecule is C=CC(Oc1cc(C(C)C)c(Cl)cc1C)C(=O)O. The molecule has 3 nitrogen and oxygen atoms in total. The van der Waals surface area contributed by atoms with Gasteiger partial charge in [0.05, 0.1) is 0 Å². The van der Waals surface area contributed by atoms with Gasteiger partial charge in [0.1, 0.15) is 5.75 Å². The first-order valence-electron chi connectivity index (χ1n) is 5.68. The summed E-state index contributed by atoms with van der Waals surface area (Å²) in [5.41, 5.74) is 1.74. The second kappa shape index (κ2) is 5.91. The summed E-state index contributed by atoms with van der Waals surface area (Å²) in [6.07, 6.45) is 0.204. The predicted molar refractivity (Wildman–Crippen MR) is 72.5 cm³/mol. The quantitative estimate of drug-likeness (QED) is 0.827. The minimum atomic E-state index is -1.06.